The van der Waals surface area contributed by atoms with Crippen LogP contribution < -0.4 is 65.9 Å². The van der Waals surface area contributed by atoms with Gasteiger partial charge in [0.1, 0.15) is 42.3 Å². The number of carboxylic acids is 1. The minimum Gasteiger partial charge on any atom is -0.480 e. The van der Waals surface area contributed by atoms with Crippen molar-refractivity contribution in [2.45, 2.75) is 174 Å². The molecule has 0 aromatic rings. The molecule has 8 amide bonds. The number of aliphatic carboxylic acids is 1. The van der Waals surface area contributed by atoms with E-state index in [9.17, 15) is 53.4 Å². The first-order valence-electron chi connectivity index (χ1n) is 23.5. The summed E-state index contributed by atoms with van der Waals surface area (Å²) in [6, 6.07) is -10.2. The Morgan fingerprint density at radius 1 is 0.529 bits per heavy atom. The third kappa shape index (κ3) is 25.5. The summed E-state index contributed by atoms with van der Waals surface area (Å²) in [6.07, 6.45) is 1.56. The van der Waals surface area contributed by atoms with Crippen LogP contribution in [0.1, 0.15) is 126 Å². The predicted octanol–water partition coefficient (Wildman–Crippen LogP) is -2.58. The molecule has 0 aliphatic heterocycles. The fraction of sp³-hybridized carbons (Fsp3) is 0.773. The first kappa shape index (κ1) is 62.4. The van der Waals surface area contributed by atoms with Crippen molar-refractivity contribution in [1.29, 1.82) is 0 Å². The van der Waals surface area contributed by atoms with Gasteiger partial charge in [-0.05, 0) is 88.0 Å². The molecule has 0 aromatic carbocycles. The summed E-state index contributed by atoms with van der Waals surface area (Å²) in [4.78, 5) is 123. The van der Waals surface area contributed by atoms with Gasteiger partial charge in [-0.2, -0.15) is 0 Å². The average Bonchev–Trinajstić information content (AvgIpc) is 3.24. The molecule has 0 radical (unpaired) electrons. The minimum atomic E-state index is -1.62. The molecule has 0 spiro atoms. The number of aliphatic hydroxyl groups excluding tert-OH is 1. The lowest BCUT2D eigenvalue weighted by Gasteiger charge is -2.29. The fourth-order valence-electron chi connectivity index (χ4n) is 6.84. The molecule has 0 fully saturated rings. The summed E-state index contributed by atoms with van der Waals surface area (Å²) in [7, 11) is 0. The van der Waals surface area contributed by atoms with E-state index >= 15 is 0 Å². The number of unbranched alkanes of at least 4 members (excludes halogenated alkanes) is 1. The number of aliphatic hydroxyl groups is 1. The Bertz CT molecular complexity index is 1680. The molecule has 0 heterocycles. The first-order valence-corrected chi connectivity index (χ1v) is 23.5. The van der Waals surface area contributed by atoms with E-state index in [1.54, 1.807) is 55.4 Å². The third-order valence-electron chi connectivity index (χ3n) is 10.8. The summed E-state index contributed by atoms with van der Waals surface area (Å²) < 4.78 is 0. The number of rotatable bonds is 35. The van der Waals surface area contributed by atoms with Gasteiger partial charge in [-0.25, -0.2) is 4.79 Å². The largest absolute Gasteiger partial charge is 0.480 e. The molecular formula is C44H83N13O11. The highest BCUT2D eigenvalue weighted by molar-refractivity contribution is 5.97. The number of hydrogen-bond donors (Lipinski definition) is 14. The van der Waals surface area contributed by atoms with Crippen molar-refractivity contribution in [3.05, 3.63) is 0 Å². The van der Waals surface area contributed by atoms with Crippen molar-refractivity contribution in [3.8, 4) is 0 Å². The molecule has 0 aliphatic carbocycles. The molecule has 0 aliphatic rings. The number of carbonyl (C=O) groups is 9. The Balaban J connectivity index is 6.49. The van der Waals surface area contributed by atoms with Gasteiger partial charge in [-0.15, -0.1) is 0 Å². The van der Waals surface area contributed by atoms with Crippen LogP contribution in [0.15, 0.2) is 4.99 Å². The van der Waals surface area contributed by atoms with Gasteiger partial charge in [0, 0.05) is 13.0 Å². The van der Waals surface area contributed by atoms with Crippen LogP contribution in [0, 0.1) is 23.7 Å². The normalized spacial score (nSPS) is 15.3. The van der Waals surface area contributed by atoms with E-state index < -0.39 is 114 Å². The number of primary amides is 1. The molecular weight excluding hydrogens is 887 g/mol. The molecule has 68 heavy (non-hydrogen) atoms. The molecule has 0 unspecified atom stereocenters. The van der Waals surface area contributed by atoms with Crippen molar-refractivity contribution in [2.75, 3.05) is 19.7 Å². The van der Waals surface area contributed by atoms with Gasteiger partial charge in [0.15, 0.2) is 5.96 Å². The maximum Gasteiger partial charge on any atom is 0.326 e. The Morgan fingerprint density at radius 3 is 1.37 bits per heavy atom. The van der Waals surface area contributed by atoms with Crippen LogP contribution in [0.25, 0.3) is 0 Å². The molecule has 24 nitrogen and oxygen atoms in total. The highest BCUT2D eigenvalue weighted by Crippen LogP contribution is 2.14. The Kier molecular flexibility index (Phi) is 30.2. The van der Waals surface area contributed by atoms with E-state index in [0.717, 1.165) is 0 Å². The second-order valence-electron chi connectivity index (χ2n) is 18.5. The van der Waals surface area contributed by atoms with Gasteiger partial charge in [0.25, 0.3) is 0 Å². The molecule has 390 valence electrons. The van der Waals surface area contributed by atoms with Crippen LogP contribution in [-0.4, -0.2) is 137 Å². The lowest BCUT2D eigenvalue weighted by atomic mass is 9.96. The molecule has 24 heteroatoms. The van der Waals surface area contributed by atoms with Crippen molar-refractivity contribution in [2.24, 2.45) is 57.3 Å². The Hall–Kier alpha value is -5.62. The van der Waals surface area contributed by atoms with Crippen LogP contribution in [0.5, 0.6) is 0 Å². The summed E-state index contributed by atoms with van der Waals surface area (Å²) in [5, 5.41) is 38.2. The number of nitrogens with zero attached hydrogens (tertiary/aromatic N) is 1. The van der Waals surface area contributed by atoms with Gasteiger partial charge in [-0.1, -0.05) is 61.8 Å². The number of amides is 8. The van der Waals surface area contributed by atoms with E-state index in [2.05, 4.69) is 42.2 Å². The number of nitrogens with two attached hydrogens (primary N) is 5. The van der Waals surface area contributed by atoms with Gasteiger partial charge < -0.3 is 76.1 Å². The summed E-state index contributed by atoms with van der Waals surface area (Å²) >= 11 is 0. The maximum atomic E-state index is 14.0. The molecule has 0 rings (SSSR count). The topological polar surface area (TPSA) is 421 Å². The molecule has 19 N–H and O–H groups in total. The number of nitrogens with one attached hydrogen (secondary N) is 7. The monoisotopic (exact) mass is 970 g/mol. The number of aliphatic imine (C=N–C) groups is 1. The zero-order chi connectivity index (χ0) is 52.3. The molecule has 0 saturated heterocycles. The first-order chi connectivity index (χ1) is 31.8. The van der Waals surface area contributed by atoms with E-state index in [4.69, 9.17) is 28.7 Å². The van der Waals surface area contributed by atoms with Crippen LogP contribution in [0.2, 0.25) is 0 Å². The van der Waals surface area contributed by atoms with Crippen molar-refractivity contribution in [3.63, 3.8) is 0 Å². The SMILES string of the molecule is CC[C@H](C)[C@H](NC(=O)[C@@H](N)CCC(N)=O)C(=O)N[C@@H](CC(C)C)C(=O)N[C@@H](CO)C(=O)N[C@@H](CCCCN)C(=O)N[C@@H](CC(C)C)C(=O)N[C@@H](CCCN=C(N)N)C(=O)N[C@@H](CC(C)C)C(=O)O. The summed E-state index contributed by atoms with van der Waals surface area (Å²) in [5.74, 6) is -8.52. The molecule has 9 atom stereocenters. The van der Waals surface area contributed by atoms with Gasteiger partial charge in [0.05, 0.1) is 12.6 Å². The molecule has 0 aromatic heterocycles. The summed E-state index contributed by atoms with van der Waals surface area (Å²) in [6.45, 7) is 13.7. The van der Waals surface area contributed by atoms with E-state index in [-0.39, 0.29) is 88.2 Å². The third-order valence-corrected chi connectivity index (χ3v) is 10.8. The van der Waals surface area contributed by atoms with Gasteiger partial charge in [0.2, 0.25) is 47.3 Å². The number of guanidine groups is 1. The quantitative estimate of drug-likeness (QED) is 0.0176. The minimum absolute atomic E-state index is 0.00184. The second-order valence-corrected chi connectivity index (χ2v) is 18.5. The molecule has 0 bridgehead atoms. The smallest absolute Gasteiger partial charge is 0.326 e. The second kappa shape index (κ2) is 33.0. The number of carboxylic acid groups (broad SMARTS) is 1. The zero-order valence-corrected chi connectivity index (χ0v) is 41.2. The molecule has 0 saturated carbocycles. The Morgan fingerprint density at radius 2 is 0.941 bits per heavy atom. The standard InChI is InChI=1S/C44H83N13O11/c1-9-26(8)35(57-36(60)27(46)15-16-34(47)59)42(66)54-31(20-24(4)5)40(64)56-33(22-58)41(65)52-28(13-10-11-17-45)37(61)53-30(19-23(2)3)39(63)51-29(14-12-18-50-44(48)49)38(62)55-32(43(67)68)21-25(6)7/h23-33,35,58H,9-22,45-46H2,1-8H3,(H2,47,59)(H,51,63)(H,52,65)(H,53,61)(H,54,66)(H,55,62)(H,56,64)(H,57,60)(H,67,68)(H4,48,49,50)/t26-,27-,28-,29-,30-,31-,32-,33-,35-/m0/s1. The van der Waals surface area contributed by atoms with Crippen molar-refractivity contribution >= 4 is 59.2 Å². The highest BCUT2D eigenvalue weighted by atomic mass is 16.4. The average molecular weight is 970 g/mol. The lowest BCUT2D eigenvalue weighted by molar-refractivity contribution is -0.143. The predicted molar refractivity (Wildman–Crippen MR) is 255 cm³/mol. The van der Waals surface area contributed by atoms with E-state index in [1.807, 2.05) is 0 Å². The van der Waals surface area contributed by atoms with E-state index in [0.29, 0.717) is 19.3 Å². The van der Waals surface area contributed by atoms with Crippen LogP contribution in [0.3, 0.4) is 0 Å². The number of hydrogen-bond acceptors (Lipinski definition) is 13. The van der Waals surface area contributed by atoms with Crippen LogP contribution in [0.4, 0.5) is 0 Å². The zero-order valence-electron chi connectivity index (χ0n) is 41.2. The van der Waals surface area contributed by atoms with Crippen LogP contribution in [-0.2, 0) is 43.2 Å². The summed E-state index contributed by atoms with van der Waals surface area (Å²) in [5.41, 5.74) is 27.7. The lowest BCUT2D eigenvalue weighted by Crippen LogP contribution is -2.61. The number of carbonyl (C=O) groups excluding carboxylic acids is 8. The van der Waals surface area contributed by atoms with Crippen LogP contribution >= 0.6 is 0 Å². The van der Waals surface area contributed by atoms with Crippen molar-refractivity contribution in [1.82, 2.24) is 37.2 Å². The van der Waals surface area contributed by atoms with Crippen molar-refractivity contribution < 1.29 is 53.4 Å². The Labute approximate surface area is 400 Å². The maximum absolute atomic E-state index is 14.0. The van der Waals surface area contributed by atoms with E-state index in [1.165, 1.54) is 0 Å². The van der Waals surface area contributed by atoms with Gasteiger partial charge >= 0.3 is 5.97 Å². The fourth-order valence-corrected chi connectivity index (χ4v) is 6.84. The highest BCUT2D eigenvalue weighted by Gasteiger charge is 2.35. The van der Waals surface area contributed by atoms with Gasteiger partial charge in [-0.3, -0.25) is 43.3 Å².